The molecule has 34 heavy (non-hydrogen) atoms. The summed E-state index contributed by atoms with van der Waals surface area (Å²) in [6.45, 7) is 5.44. The maximum Gasteiger partial charge on any atom is 0.243 e. The monoisotopic (exact) mass is 487 g/mol. The first-order valence-electron chi connectivity index (χ1n) is 12.5. The molecule has 0 aromatic heterocycles. The highest BCUT2D eigenvalue weighted by molar-refractivity contribution is 7.98. The number of likely N-dealkylation sites (tertiary alicyclic amines) is 1. The van der Waals surface area contributed by atoms with E-state index < -0.39 is 6.04 Å². The third kappa shape index (κ3) is 5.50. The van der Waals surface area contributed by atoms with Crippen LogP contribution in [-0.2, 0) is 19.1 Å². The van der Waals surface area contributed by atoms with Crippen molar-refractivity contribution in [2.24, 2.45) is 11.8 Å². The Bertz CT molecular complexity index is 847. The number of nitrogens with zero attached hydrogens (tertiary/aromatic N) is 2. The molecule has 3 amide bonds. The summed E-state index contributed by atoms with van der Waals surface area (Å²) < 4.78 is 5.54. The summed E-state index contributed by atoms with van der Waals surface area (Å²) in [5.41, 5.74) is 2.34. The molecule has 3 aliphatic rings. The summed E-state index contributed by atoms with van der Waals surface area (Å²) in [5.74, 6) is -0.257. The number of ether oxygens (including phenoxy) is 1. The molecule has 1 aromatic rings. The second-order valence-electron chi connectivity index (χ2n) is 9.66. The first kappa shape index (κ1) is 25.2. The molecule has 0 radical (unpaired) electrons. The highest BCUT2D eigenvalue weighted by Gasteiger charge is 2.51. The second-order valence-corrected chi connectivity index (χ2v) is 10.6. The summed E-state index contributed by atoms with van der Waals surface area (Å²) in [6, 6.07) is 7.70. The number of fused-ring (bicyclic) bond motifs is 1. The number of benzene rings is 1. The van der Waals surface area contributed by atoms with Gasteiger partial charge in [-0.2, -0.15) is 11.8 Å². The van der Waals surface area contributed by atoms with Gasteiger partial charge in [-0.15, -0.1) is 0 Å². The third-order valence-electron chi connectivity index (χ3n) is 7.50. The number of rotatable bonds is 9. The molecule has 1 aromatic carbocycles. The van der Waals surface area contributed by atoms with Gasteiger partial charge in [0.1, 0.15) is 6.04 Å². The average Bonchev–Trinajstić information content (AvgIpc) is 3.11. The number of hydrogen-bond donors (Lipinski definition) is 1. The van der Waals surface area contributed by atoms with Crippen molar-refractivity contribution in [3.63, 3.8) is 0 Å². The van der Waals surface area contributed by atoms with E-state index in [1.807, 2.05) is 6.26 Å². The van der Waals surface area contributed by atoms with Crippen LogP contribution in [0.4, 0.5) is 0 Å². The van der Waals surface area contributed by atoms with Gasteiger partial charge in [0, 0.05) is 19.6 Å². The lowest BCUT2D eigenvalue weighted by Crippen LogP contribution is -2.52. The van der Waals surface area contributed by atoms with Crippen LogP contribution in [0.1, 0.15) is 49.3 Å². The largest absolute Gasteiger partial charge is 0.379 e. The van der Waals surface area contributed by atoms with Crippen LogP contribution in [0.25, 0.3) is 0 Å². The van der Waals surface area contributed by atoms with Gasteiger partial charge in [0.2, 0.25) is 17.7 Å². The summed E-state index contributed by atoms with van der Waals surface area (Å²) >= 11 is 1.63. The number of thioether (sulfide) groups is 1. The minimum atomic E-state index is -0.735. The zero-order valence-electron chi connectivity index (χ0n) is 20.3. The Morgan fingerprint density at radius 2 is 1.71 bits per heavy atom. The SMILES string of the molecule is CSCCC(C(=O)NCC(c1ccc(C)cc1)N1CCOCC1)N1C(=O)C2CCCCC2C1=O. The molecule has 1 N–H and O–H groups in total. The third-order valence-corrected chi connectivity index (χ3v) is 8.15. The van der Waals surface area contributed by atoms with Gasteiger partial charge < -0.3 is 10.1 Å². The number of morpholine rings is 1. The Morgan fingerprint density at radius 1 is 1.09 bits per heavy atom. The Morgan fingerprint density at radius 3 is 2.29 bits per heavy atom. The maximum absolute atomic E-state index is 13.5. The Kier molecular flexibility index (Phi) is 8.66. The number of aryl methyl sites for hydroxylation is 1. The lowest BCUT2D eigenvalue weighted by atomic mass is 9.81. The summed E-state index contributed by atoms with van der Waals surface area (Å²) in [7, 11) is 0. The molecule has 4 rings (SSSR count). The molecule has 2 heterocycles. The average molecular weight is 488 g/mol. The van der Waals surface area contributed by atoms with Crippen LogP contribution in [0.5, 0.6) is 0 Å². The van der Waals surface area contributed by atoms with Gasteiger partial charge >= 0.3 is 0 Å². The van der Waals surface area contributed by atoms with Crippen LogP contribution in [0.15, 0.2) is 24.3 Å². The quantitative estimate of drug-likeness (QED) is 0.540. The molecule has 8 heteroatoms. The molecular formula is C26H37N3O4S. The van der Waals surface area contributed by atoms with Crippen molar-refractivity contribution in [2.75, 3.05) is 44.9 Å². The zero-order chi connectivity index (χ0) is 24.1. The molecular weight excluding hydrogens is 450 g/mol. The molecule has 1 aliphatic carbocycles. The standard InChI is InChI=1S/C26H37N3O4S/c1-18-7-9-19(10-8-18)23(28-12-14-33-15-13-28)17-27-24(30)22(11-16-34-2)29-25(31)20-5-3-4-6-21(20)26(29)32/h7-10,20-23H,3-6,11-17H2,1-2H3,(H,27,30). The number of carbonyl (C=O) groups excluding carboxylic acids is 3. The van der Waals surface area contributed by atoms with Crippen LogP contribution in [0.3, 0.4) is 0 Å². The fourth-order valence-corrected chi connectivity index (χ4v) is 6.01. The molecule has 0 spiro atoms. The lowest BCUT2D eigenvalue weighted by molar-refractivity contribution is -0.148. The van der Waals surface area contributed by atoms with Gasteiger partial charge in [-0.05, 0) is 43.8 Å². The molecule has 186 valence electrons. The first-order valence-corrected chi connectivity index (χ1v) is 13.9. The Hall–Kier alpha value is -1.90. The van der Waals surface area contributed by atoms with Crippen LogP contribution < -0.4 is 5.32 Å². The zero-order valence-corrected chi connectivity index (χ0v) is 21.1. The van der Waals surface area contributed by atoms with Crippen molar-refractivity contribution in [3.05, 3.63) is 35.4 Å². The van der Waals surface area contributed by atoms with Crippen molar-refractivity contribution >= 4 is 29.5 Å². The fourth-order valence-electron chi connectivity index (χ4n) is 5.55. The van der Waals surface area contributed by atoms with E-state index >= 15 is 0 Å². The van der Waals surface area contributed by atoms with E-state index in [1.165, 1.54) is 10.5 Å². The highest BCUT2D eigenvalue weighted by atomic mass is 32.2. The Labute approximate surface area is 207 Å². The molecule has 0 bridgehead atoms. The number of nitrogens with one attached hydrogen (secondary N) is 1. The van der Waals surface area contributed by atoms with Crippen LogP contribution in [-0.4, -0.2) is 78.4 Å². The molecule has 1 saturated carbocycles. The lowest BCUT2D eigenvalue weighted by Gasteiger charge is -2.35. The van der Waals surface area contributed by atoms with E-state index in [1.54, 1.807) is 11.8 Å². The van der Waals surface area contributed by atoms with E-state index in [9.17, 15) is 14.4 Å². The van der Waals surface area contributed by atoms with Gasteiger partial charge in [-0.3, -0.25) is 24.2 Å². The van der Waals surface area contributed by atoms with Crippen molar-refractivity contribution in [3.8, 4) is 0 Å². The van der Waals surface area contributed by atoms with E-state index in [2.05, 4.69) is 41.4 Å². The summed E-state index contributed by atoms with van der Waals surface area (Å²) in [5, 5.41) is 3.12. The second kappa shape index (κ2) is 11.7. The van der Waals surface area contributed by atoms with Crippen molar-refractivity contribution in [1.29, 1.82) is 0 Å². The van der Waals surface area contributed by atoms with Crippen LogP contribution in [0, 0.1) is 18.8 Å². The fraction of sp³-hybridized carbons (Fsp3) is 0.654. The van der Waals surface area contributed by atoms with Gasteiger partial charge in [0.05, 0.1) is 31.1 Å². The number of amides is 3. The normalized spacial score (nSPS) is 25.2. The molecule has 3 fully saturated rings. The van der Waals surface area contributed by atoms with E-state index in [-0.39, 0.29) is 35.6 Å². The van der Waals surface area contributed by atoms with Crippen LogP contribution >= 0.6 is 11.8 Å². The number of hydrogen-bond acceptors (Lipinski definition) is 6. The molecule has 4 atom stereocenters. The first-order chi connectivity index (χ1) is 16.5. The smallest absolute Gasteiger partial charge is 0.243 e. The maximum atomic E-state index is 13.5. The van der Waals surface area contributed by atoms with Gasteiger partial charge in [0.25, 0.3) is 0 Å². The predicted octanol–water partition coefficient (Wildman–Crippen LogP) is 2.78. The van der Waals surface area contributed by atoms with E-state index in [4.69, 9.17) is 4.74 Å². The van der Waals surface area contributed by atoms with Crippen molar-refractivity contribution in [1.82, 2.24) is 15.1 Å². The summed E-state index contributed by atoms with van der Waals surface area (Å²) in [6.07, 6.45) is 5.94. The van der Waals surface area contributed by atoms with Gasteiger partial charge in [-0.1, -0.05) is 42.7 Å². The summed E-state index contributed by atoms with van der Waals surface area (Å²) in [4.78, 5) is 43.5. The number of imide groups is 1. The van der Waals surface area contributed by atoms with Crippen LogP contribution in [0.2, 0.25) is 0 Å². The molecule has 2 saturated heterocycles. The van der Waals surface area contributed by atoms with E-state index in [0.29, 0.717) is 26.2 Å². The minimum absolute atomic E-state index is 0.0159. The minimum Gasteiger partial charge on any atom is -0.379 e. The highest BCUT2D eigenvalue weighted by Crippen LogP contribution is 2.39. The predicted molar refractivity (Wildman–Crippen MR) is 133 cm³/mol. The van der Waals surface area contributed by atoms with Gasteiger partial charge in [-0.25, -0.2) is 0 Å². The van der Waals surface area contributed by atoms with Gasteiger partial charge in [0.15, 0.2) is 0 Å². The van der Waals surface area contributed by atoms with Crippen molar-refractivity contribution < 1.29 is 19.1 Å². The topological polar surface area (TPSA) is 79.0 Å². The molecule has 2 aliphatic heterocycles. The van der Waals surface area contributed by atoms with E-state index in [0.717, 1.165) is 50.1 Å². The molecule has 4 unspecified atom stereocenters. The number of carbonyl (C=O) groups is 3. The Balaban J connectivity index is 1.50. The molecule has 7 nitrogen and oxygen atoms in total. The van der Waals surface area contributed by atoms with Crippen molar-refractivity contribution in [2.45, 2.75) is 51.1 Å².